The normalized spacial score (nSPS) is 20.0. The summed E-state index contributed by atoms with van der Waals surface area (Å²) in [6.07, 6.45) is 0.326. The van der Waals surface area contributed by atoms with E-state index in [4.69, 9.17) is 14.2 Å². The fourth-order valence-electron chi connectivity index (χ4n) is 1.37. The molecule has 128 valence electrons. The SMILES string of the molecule is CC.CC(=O)OCC1CO1.O=C(OCC1CO1)c1ccccc1. The van der Waals surface area contributed by atoms with Crippen LogP contribution in [0.4, 0.5) is 0 Å². The predicted molar refractivity (Wildman–Crippen MR) is 84.2 cm³/mol. The maximum absolute atomic E-state index is 11.3. The van der Waals surface area contributed by atoms with Gasteiger partial charge in [0.25, 0.3) is 0 Å². The Morgan fingerprint density at radius 1 is 1.00 bits per heavy atom. The average molecular weight is 324 g/mol. The molecule has 2 saturated heterocycles. The van der Waals surface area contributed by atoms with E-state index in [0.717, 1.165) is 6.61 Å². The Morgan fingerprint density at radius 3 is 1.91 bits per heavy atom. The van der Waals surface area contributed by atoms with E-state index in [1.807, 2.05) is 32.0 Å². The zero-order chi connectivity index (χ0) is 17.1. The summed E-state index contributed by atoms with van der Waals surface area (Å²) in [4.78, 5) is 21.4. The van der Waals surface area contributed by atoms with Gasteiger partial charge in [0, 0.05) is 6.92 Å². The number of epoxide rings is 2. The summed E-state index contributed by atoms with van der Waals surface area (Å²) in [5.74, 6) is -0.517. The fourth-order valence-corrected chi connectivity index (χ4v) is 1.37. The van der Waals surface area contributed by atoms with Crippen molar-refractivity contribution in [3.8, 4) is 0 Å². The first kappa shape index (κ1) is 19.1. The molecule has 23 heavy (non-hydrogen) atoms. The minimum Gasteiger partial charge on any atom is -0.463 e. The Morgan fingerprint density at radius 2 is 1.48 bits per heavy atom. The molecule has 0 saturated carbocycles. The molecular weight excluding hydrogens is 300 g/mol. The van der Waals surface area contributed by atoms with Crippen molar-refractivity contribution in [1.29, 1.82) is 0 Å². The van der Waals surface area contributed by atoms with Gasteiger partial charge in [0.1, 0.15) is 25.4 Å². The van der Waals surface area contributed by atoms with Crippen LogP contribution >= 0.6 is 0 Å². The summed E-state index contributed by atoms with van der Waals surface area (Å²) in [7, 11) is 0. The molecule has 2 heterocycles. The third-order valence-corrected chi connectivity index (χ3v) is 2.69. The summed E-state index contributed by atoms with van der Waals surface area (Å²) >= 11 is 0. The molecule has 0 amide bonds. The van der Waals surface area contributed by atoms with Crippen molar-refractivity contribution in [2.24, 2.45) is 0 Å². The van der Waals surface area contributed by atoms with Crippen molar-refractivity contribution in [3.05, 3.63) is 35.9 Å². The van der Waals surface area contributed by atoms with Gasteiger partial charge in [0.05, 0.1) is 18.8 Å². The topological polar surface area (TPSA) is 77.7 Å². The van der Waals surface area contributed by atoms with E-state index in [9.17, 15) is 9.59 Å². The Bertz CT molecular complexity index is 465. The Labute approximate surface area is 136 Å². The van der Waals surface area contributed by atoms with Crippen LogP contribution in [0.3, 0.4) is 0 Å². The number of carbonyl (C=O) groups is 2. The lowest BCUT2D eigenvalue weighted by molar-refractivity contribution is -0.141. The van der Waals surface area contributed by atoms with Crippen molar-refractivity contribution in [3.63, 3.8) is 0 Å². The number of hydrogen-bond acceptors (Lipinski definition) is 6. The molecule has 0 radical (unpaired) electrons. The molecule has 2 aliphatic heterocycles. The number of ether oxygens (including phenoxy) is 4. The van der Waals surface area contributed by atoms with Gasteiger partial charge in [-0.05, 0) is 12.1 Å². The molecule has 0 bridgehead atoms. The van der Waals surface area contributed by atoms with Crippen LogP contribution < -0.4 is 0 Å². The summed E-state index contributed by atoms with van der Waals surface area (Å²) < 4.78 is 19.3. The lowest BCUT2D eigenvalue weighted by atomic mass is 10.2. The summed E-state index contributed by atoms with van der Waals surface area (Å²) in [5.41, 5.74) is 0.586. The predicted octanol–water partition coefficient (Wildman–Crippen LogP) is 2.22. The molecule has 2 unspecified atom stereocenters. The number of benzene rings is 1. The maximum Gasteiger partial charge on any atom is 0.338 e. The molecule has 1 aromatic rings. The molecule has 2 atom stereocenters. The molecule has 0 aromatic heterocycles. The van der Waals surface area contributed by atoms with Gasteiger partial charge >= 0.3 is 11.9 Å². The van der Waals surface area contributed by atoms with E-state index in [0.29, 0.717) is 25.4 Å². The van der Waals surface area contributed by atoms with Crippen LogP contribution in [0.2, 0.25) is 0 Å². The average Bonchev–Trinajstić information content (AvgIpc) is 3.49. The van der Waals surface area contributed by atoms with Crippen LogP contribution in [0.25, 0.3) is 0 Å². The molecule has 6 nitrogen and oxygen atoms in total. The number of esters is 2. The van der Waals surface area contributed by atoms with Crippen molar-refractivity contribution in [2.45, 2.75) is 33.0 Å². The van der Waals surface area contributed by atoms with E-state index in [1.54, 1.807) is 12.1 Å². The molecule has 2 fully saturated rings. The highest BCUT2D eigenvalue weighted by molar-refractivity contribution is 5.89. The maximum atomic E-state index is 11.3. The van der Waals surface area contributed by atoms with E-state index >= 15 is 0 Å². The second kappa shape index (κ2) is 10.7. The monoisotopic (exact) mass is 324 g/mol. The van der Waals surface area contributed by atoms with Crippen LogP contribution in [0.5, 0.6) is 0 Å². The minimum atomic E-state index is -0.281. The first-order valence-electron chi connectivity index (χ1n) is 7.74. The van der Waals surface area contributed by atoms with Crippen molar-refractivity contribution in [2.75, 3.05) is 26.4 Å². The van der Waals surface area contributed by atoms with E-state index in [2.05, 4.69) is 4.74 Å². The molecule has 6 heteroatoms. The van der Waals surface area contributed by atoms with Gasteiger partial charge in [0.15, 0.2) is 0 Å². The quantitative estimate of drug-likeness (QED) is 0.610. The smallest absolute Gasteiger partial charge is 0.338 e. The van der Waals surface area contributed by atoms with Crippen molar-refractivity contribution in [1.82, 2.24) is 0 Å². The van der Waals surface area contributed by atoms with Gasteiger partial charge in [-0.1, -0.05) is 32.0 Å². The number of rotatable bonds is 5. The van der Waals surface area contributed by atoms with Gasteiger partial charge in [0.2, 0.25) is 0 Å². The van der Waals surface area contributed by atoms with E-state index in [-0.39, 0.29) is 24.1 Å². The van der Waals surface area contributed by atoms with Crippen LogP contribution in [0, 0.1) is 0 Å². The van der Waals surface area contributed by atoms with Gasteiger partial charge in [-0.3, -0.25) is 4.79 Å². The van der Waals surface area contributed by atoms with Crippen molar-refractivity contribution < 1.29 is 28.5 Å². The highest BCUT2D eigenvalue weighted by Gasteiger charge is 2.24. The second-order valence-electron chi connectivity index (χ2n) is 4.68. The Kier molecular flexibility index (Phi) is 8.94. The zero-order valence-corrected chi connectivity index (χ0v) is 13.8. The molecule has 3 rings (SSSR count). The van der Waals surface area contributed by atoms with Gasteiger partial charge in [-0.2, -0.15) is 0 Å². The van der Waals surface area contributed by atoms with Gasteiger partial charge in [-0.15, -0.1) is 0 Å². The van der Waals surface area contributed by atoms with Crippen molar-refractivity contribution >= 4 is 11.9 Å². The molecule has 1 aromatic carbocycles. The molecule has 0 N–H and O–H groups in total. The summed E-state index contributed by atoms with van der Waals surface area (Å²) in [6.45, 7) is 7.64. The van der Waals surface area contributed by atoms with Gasteiger partial charge in [-0.25, -0.2) is 4.79 Å². The first-order chi connectivity index (χ1) is 11.1. The zero-order valence-electron chi connectivity index (χ0n) is 13.8. The number of hydrogen-bond donors (Lipinski definition) is 0. The van der Waals surface area contributed by atoms with E-state index < -0.39 is 0 Å². The van der Waals surface area contributed by atoms with Crippen LogP contribution in [-0.2, 0) is 23.7 Å². The lowest BCUT2D eigenvalue weighted by Gasteiger charge is -2.01. The third-order valence-electron chi connectivity index (χ3n) is 2.69. The Balaban J connectivity index is 0.000000228. The molecule has 0 spiro atoms. The molecular formula is C17H24O6. The highest BCUT2D eigenvalue weighted by Crippen LogP contribution is 2.10. The largest absolute Gasteiger partial charge is 0.463 e. The second-order valence-corrected chi connectivity index (χ2v) is 4.68. The molecule has 2 aliphatic rings. The third kappa shape index (κ3) is 9.65. The van der Waals surface area contributed by atoms with Crippen LogP contribution in [0.15, 0.2) is 30.3 Å². The minimum absolute atomic E-state index is 0.132. The first-order valence-corrected chi connectivity index (χ1v) is 7.74. The summed E-state index contributed by atoms with van der Waals surface area (Å²) in [5, 5.41) is 0. The van der Waals surface area contributed by atoms with Crippen LogP contribution in [-0.4, -0.2) is 50.6 Å². The molecule has 0 aliphatic carbocycles. The fraction of sp³-hybridized carbons (Fsp3) is 0.529. The van der Waals surface area contributed by atoms with E-state index in [1.165, 1.54) is 6.92 Å². The summed E-state index contributed by atoms with van der Waals surface area (Å²) in [6, 6.07) is 8.95. The highest BCUT2D eigenvalue weighted by atomic mass is 16.6. The van der Waals surface area contributed by atoms with Crippen LogP contribution in [0.1, 0.15) is 31.1 Å². The Hall–Kier alpha value is -1.92. The standard InChI is InChI=1S/C10H10O3.C5H8O3.C2H6/c11-10(13-7-9-6-12-9)8-4-2-1-3-5-8;1-4(6)7-2-5-3-8-5;1-2/h1-5,9H,6-7H2;5H,2-3H2,1H3;1-2H3. The number of carbonyl (C=O) groups excluding carboxylic acids is 2. The lowest BCUT2D eigenvalue weighted by Crippen LogP contribution is -2.09. The van der Waals surface area contributed by atoms with Gasteiger partial charge < -0.3 is 18.9 Å².